The van der Waals surface area contributed by atoms with Crippen molar-refractivity contribution < 1.29 is 0 Å². The zero-order valence-corrected chi connectivity index (χ0v) is 8.27. The summed E-state index contributed by atoms with van der Waals surface area (Å²) in [5, 5.41) is 0. The summed E-state index contributed by atoms with van der Waals surface area (Å²) in [6.07, 6.45) is 2.22. The summed E-state index contributed by atoms with van der Waals surface area (Å²) >= 11 is 0. The summed E-state index contributed by atoms with van der Waals surface area (Å²) in [5.74, 6) is 0. The minimum Gasteiger partial charge on any atom is -0.0976 e. The van der Waals surface area contributed by atoms with E-state index in [0.29, 0.717) is 0 Å². The Morgan fingerprint density at radius 3 is 2.27 bits per heavy atom. The van der Waals surface area contributed by atoms with Crippen LogP contribution in [0.1, 0.15) is 5.56 Å². The molecule has 11 heavy (non-hydrogen) atoms. The molecule has 1 aromatic rings. The lowest BCUT2D eigenvalue weighted by Crippen LogP contribution is -1.91. The second kappa shape index (κ2) is 4.14. The number of hydrogen-bond acceptors (Lipinski definition) is 0. The summed E-state index contributed by atoms with van der Waals surface area (Å²) in [4.78, 5) is 0. The lowest BCUT2D eigenvalue weighted by atomic mass is 10.2. The van der Waals surface area contributed by atoms with Crippen LogP contribution in [0.15, 0.2) is 36.0 Å². The molecule has 0 unspecified atom stereocenters. The first kappa shape index (κ1) is 8.28. The largest absolute Gasteiger partial charge is 0.0976 e. The summed E-state index contributed by atoms with van der Waals surface area (Å²) < 4.78 is 0. The number of benzene rings is 1. The summed E-state index contributed by atoms with van der Waals surface area (Å²) in [5.41, 5.74) is 3.66. The molecule has 0 fully saturated rings. The molecule has 0 aliphatic heterocycles. The highest BCUT2D eigenvalue weighted by atomic mass is 28.3. The highest BCUT2D eigenvalue weighted by Crippen LogP contribution is 2.01. The second-order valence-electron chi connectivity index (χ2n) is 3.01. The highest BCUT2D eigenvalue weighted by Gasteiger charge is 1.86. The molecular weight excluding hydrogens is 148 g/mol. The maximum atomic E-state index is 2.34. The molecule has 0 atom stereocenters. The van der Waals surface area contributed by atoms with E-state index in [1.165, 1.54) is 5.56 Å². The van der Waals surface area contributed by atoms with E-state index >= 15 is 0 Å². The van der Waals surface area contributed by atoms with Crippen LogP contribution in [-0.2, 0) is 0 Å². The first-order chi connectivity index (χ1) is 5.29. The molecule has 0 aliphatic carbocycles. The van der Waals surface area contributed by atoms with Gasteiger partial charge in [0.25, 0.3) is 0 Å². The van der Waals surface area contributed by atoms with E-state index in [4.69, 9.17) is 0 Å². The third-order valence-corrected chi connectivity index (χ3v) is 2.44. The van der Waals surface area contributed by atoms with Gasteiger partial charge < -0.3 is 0 Å². The van der Waals surface area contributed by atoms with Crippen LogP contribution in [0.2, 0.25) is 13.1 Å². The Morgan fingerprint density at radius 1 is 1.09 bits per heavy atom. The molecule has 0 heterocycles. The van der Waals surface area contributed by atoms with E-state index < -0.39 is 8.80 Å². The molecular formula is C10H14Si. The van der Waals surface area contributed by atoms with Crippen LogP contribution in [0.3, 0.4) is 0 Å². The van der Waals surface area contributed by atoms with Crippen LogP contribution < -0.4 is 0 Å². The van der Waals surface area contributed by atoms with Gasteiger partial charge >= 0.3 is 0 Å². The van der Waals surface area contributed by atoms with Gasteiger partial charge in [-0.3, -0.25) is 0 Å². The summed E-state index contributed by atoms with van der Waals surface area (Å²) in [7, 11) is -0.521. The van der Waals surface area contributed by atoms with E-state index in [0.717, 1.165) is 0 Å². The van der Waals surface area contributed by atoms with Crippen molar-refractivity contribution in [3.8, 4) is 0 Å². The molecule has 0 amide bonds. The smallest absolute Gasteiger partial charge is 0.0554 e. The molecule has 0 bridgehead atoms. The lowest BCUT2D eigenvalue weighted by molar-refractivity contribution is 1.66. The van der Waals surface area contributed by atoms with Gasteiger partial charge in [0.15, 0.2) is 0 Å². The van der Waals surface area contributed by atoms with Crippen LogP contribution in [0.25, 0.3) is 6.08 Å². The van der Waals surface area contributed by atoms with Crippen molar-refractivity contribution in [3.05, 3.63) is 41.6 Å². The van der Waals surface area contributed by atoms with Crippen LogP contribution in [0, 0.1) is 0 Å². The molecule has 0 spiro atoms. The number of rotatable bonds is 2. The molecule has 0 aliphatic rings. The first-order valence-corrected chi connectivity index (χ1v) is 7.00. The van der Waals surface area contributed by atoms with E-state index in [1.54, 1.807) is 0 Å². The maximum absolute atomic E-state index is 2.34. The van der Waals surface area contributed by atoms with Crippen LogP contribution in [-0.4, -0.2) is 8.80 Å². The molecule has 0 aromatic heterocycles. The van der Waals surface area contributed by atoms with E-state index in [1.807, 2.05) is 6.07 Å². The fraction of sp³-hybridized carbons (Fsp3) is 0.200. The third kappa shape index (κ3) is 3.19. The van der Waals surface area contributed by atoms with Gasteiger partial charge in [0.1, 0.15) is 0 Å². The first-order valence-electron chi connectivity index (χ1n) is 4.02. The van der Waals surface area contributed by atoms with Gasteiger partial charge in [-0.1, -0.05) is 55.2 Å². The van der Waals surface area contributed by atoms with Crippen molar-refractivity contribution in [2.75, 3.05) is 0 Å². The molecule has 0 nitrogen and oxygen atoms in total. The lowest BCUT2D eigenvalue weighted by Gasteiger charge is -1.92. The Balaban J connectivity index is 2.65. The van der Waals surface area contributed by atoms with Gasteiger partial charge in [0, 0.05) is 0 Å². The van der Waals surface area contributed by atoms with Crippen LogP contribution in [0.4, 0.5) is 0 Å². The molecule has 0 saturated heterocycles. The fourth-order valence-corrected chi connectivity index (χ4v) is 1.47. The molecule has 1 aromatic carbocycles. The second-order valence-corrected chi connectivity index (χ2v) is 5.89. The summed E-state index contributed by atoms with van der Waals surface area (Å²) in [6.45, 7) is 4.64. The predicted octanol–water partition coefficient (Wildman–Crippen LogP) is 2.73. The quantitative estimate of drug-likeness (QED) is 0.587. The van der Waals surface area contributed by atoms with Gasteiger partial charge in [-0.2, -0.15) is 0 Å². The van der Waals surface area contributed by atoms with Crippen LogP contribution in [0.5, 0.6) is 0 Å². The Morgan fingerprint density at radius 2 is 1.73 bits per heavy atom. The Hall–Kier alpha value is -0.823. The van der Waals surface area contributed by atoms with Crippen LogP contribution >= 0.6 is 0 Å². The van der Waals surface area contributed by atoms with E-state index in [9.17, 15) is 0 Å². The van der Waals surface area contributed by atoms with E-state index in [2.05, 4.69) is 49.1 Å². The number of hydrogen-bond donors (Lipinski definition) is 0. The van der Waals surface area contributed by atoms with Crippen molar-refractivity contribution in [1.29, 1.82) is 0 Å². The molecule has 58 valence electrons. The van der Waals surface area contributed by atoms with Crippen molar-refractivity contribution >= 4 is 14.9 Å². The zero-order valence-electron chi connectivity index (χ0n) is 7.12. The predicted molar refractivity (Wildman–Crippen MR) is 54.4 cm³/mol. The SMILES string of the molecule is C[SiH](C)/C=C/c1ccccc1. The molecule has 1 rings (SSSR count). The summed E-state index contributed by atoms with van der Waals surface area (Å²) in [6, 6.07) is 10.5. The Labute approximate surface area is 70.2 Å². The topological polar surface area (TPSA) is 0 Å². The van der Waals surface area contributed by atoms with Gasteiger partial charge in [0.2, 0.25) is 0 Å². The fourth-order valence-electron chi connectivity index (χ4n) is 0.868. The van der Waals surface area contributed by atoms with Gasteiger partial charge in [-0.15, -0.1) is 0 Å². The minimum atomic E-state index is -0.521. The van der Waals surface area contributed by atoms with Crippen molar-refractivity contribution in [2.24, 2.45) is 0 Å². The molecule has 1 heteroatoms. The average molecular weight is 162 g/mol. The highest BCUT2D eigenvalue weighted by molar-refractivity contribution is 6.62. The monoisotopic (exact) mass is 162 g/mol. The maximum Gasteiger partial charge on any atom is 0.0554 e. The van der Waals surface area contributed by atoms with Crippen molar-refractivity contribution in [3.63, 3.8) is 0 Å². The Kier molecular flexibility index (Phi) is 3.11. The van der Waals surface area contributed by atoms with Gasteiger partial charge in [0.05, 0.1) is 8.80 Å². The van der Waals surface area contributed by atoms with E-state index in [-0.39, 0.29) is 0 Å². The molecule has 0 saturated carbocycles. The van der Waals surface area contributed by atoms with Gasteiger partial charge in [-0.25, -0.2) is 0 Å². The third-order valence-electron chi connectivity index (χ3n) is 1.47. The van der Waals surface area contributed by atoms with Crippen molar-refractivity contribution in [2.45, 2.75) is 13.1 Å². The molecule has 0 radical (unpaired) electrons. The van der Waals surface area contributed by atoms with Crippen molar-refractivity contribution in [1.82, 2.24) is 0 Å². The van der Waals surface area contributed by atoms with Gasteiger partial charge in [-0.05, 0) is 5.56 Å². The average Bonchev–Trinajstić information content (AvgIpc) is 2.03. The zero-order chi connectivity index (χ0) is 8.10. The standard InChI is InChI=1S/C10H14Si/c1-11(2)9-8-10-6-4-3-5-7-10/h3-9,11H,1-2H3/b9-8+. The minimum absolute atomic E-state index is 0.521. The normalized spacial score (nSPS) is 11.2. The Bertz CT molecular complexity index is 224. The molecule has 0 N–H and O–H groups in total.